The molecule has 264 valence electrons. The van der Waals surface area contributed by atoms with Crippen LogP contribution in [0, 0.1) is 17.7 Å². The van der Waals surface area contributed by atoms with Crippen molar-refractivity contribution in [2.75, 3.05) is 31.5 Å². The van der Waals surface area contributed by atoms with Gasteiger partial charge in [-0.05, 0) is 69.2 Å². The number of aliphatic hydroxyl groups is 1. The monoisotopic (exact) mass is 669 g/mol. The van der Waals surface area contributed by atoms with Gasteiger partial charge in [-0.2, -0.15) is 5.10 Å². The number of nitrogens with zero attached hydrogens (tertiary/aromatic N) is 4. The Balaban J connectivity index is 1.50. The van der Waals surface area contributed by atoms with Crippen molar-refractivity contribution in [3.63, 3.8) is 0 Å². The van der Waals surface area contributed by atoms with Crippen LogP contribution in [0.4, 0.5) is 10.1 Å². The number of nitrogens with one attached hydrogen (secondary N) is 3. The fraction of sp³-hybridized carbons (Fsp3) is 0.629. The van der Waals surface area contributed by atoms with Gasteiger partial charge >= 0.3 is 0 Å². The first kappa shape index (κ1) is 37.0. The standard InChI is InChI=1S/C35H52FN7O5/c1-7-29(44)39-30(34(47)41-17-19-42(20-18-41)35(5,6)48)23(4)25-13-14-27(26(36)21-25)38-33(46)31(24-11-9-22(3)10-12-24)40-32(45)28-15-16-37-43(28)8-2/h13-16,21-24,30-31,48H,7-12,17-20H2,1-6H3,(H,38,46)(H,39,44)(H,40,45)/t22-,23-,24-,30+,31-/m0/s1. The number of rotatable bonds is 12. The number of aryl methyl sites for hydroxylation is 1. The largest absolute Gasteiger partial charge is 0.376 e. The van der Waals surface area contributed by atoms with Gasteiger partial charge in [-0.15, -0.1) is 0 Å². The number of anilines is 1. The Morgan fingerprint density at radius 1 is 1.02 bits per heavy atom. The zero-order valence-corrected chi connectivity index (χ0v) is 29.1. The summed E-state index contributed by atoms with van der Waals surface area (Å²) in [4.78, 5) is 56.7. The van der Waals surface area contributed by atoms with Crippen LogP contribution in [0.25, 0.3) is 0 Å². The highest BCUT2D eigenvalue weighted by atomic mass is 19.1. The minimum Gasteiger partial charge on any atom is -0.376 e. The first-order valence-corrected chi connectivity index (χ1v) is 17.2. The molecule has 0 unspecified atom stereocenters. The fourth-order valence-corrected chi connectivity index (χ4v) is 6.68. The lowest BCUT2D eigenvalue weighted by Gasteiger charge is -2.42. The first-order chi connectivity index (χ1) is 22.7. The van der Waals surface area contributed by atoms with Gasteiger partial charge in [0.05, 0.1) is 5.69 Å². The third kappa shape index (κ3) is 8.98. The molecule has 1 aliphatic carbocycles. The molecule has 0 radical (unpaired) electrons. The summed E-state index contributed by atoms with van der Waals surface area (Å²) in [5, 5.41) is 23.0. The molecule has 2 fully saturated rings. The van der Waals surface area contributed by atoms with Gasteiger partial charge in [-0.1, -0.05) is 39.7 Å². The Morgan fingerprint density at radius 2 is 1.69 bits per heavy atom. The van der Waals surface area contributed by atoms with E-state index in [1.165, 1.54) is 18.3 Å². The van der Waals surface area contributed by atoms with Crippen molar-refractivity contribution in [3.8, 4) is 0 Å². The lowest BCUT2D eigenvalue weighted by Crippen LogP contribution is -2.59. The second-order valence-corrected chi connectivity index (χ2v) is 13.7. The maximum atomic E-state index is 15.7. The number of hydrogen-bond donors (Lipinski definition) is 4. The van der Waals surface area contributed by atoms with E-state index in [0.29, 0.717) is 49.9 Å². The van der Waals surface area contributed by atoms with E-state index in [9.17, 15) is 24.3 Å². The van der Waals surface area contributed by atoms with Crippen LogP contribution in [0.15, 0.2) is 30.5 Å². The van der Waals surface area contributed by atoms with Gasteiger partial charge in [0.2, 0.25) is 17.7 Å². The number of carbonyl (C=O) groups is 4. The van der Waals surface area contributed by atoms with E-state index in [4.69, 9.17) is 0 Å². The van der Waals surface area contributed by atoms with Crippen molar-refractivity contribution in [1.82, 2.24) is 30.2 Å². The maximum absolute atomic E-state index is 15.7. The van der Waals surface area contributed by atoms with Crippen LogP contribution < -0.4 is 16.0 Å². The van der Waals surface area contributed by atoms with Gasteiger partial charge in [0.1, 0.15) is 29.3 Å². The van der Waals surface area contributed by atoms with Crippen LogP contribution in [0.5, 0.6) is 0 Å². The van der Waals surface area contributed by atoms with Gasteiger partial charge < -0.3 is 26.0 Å². The van der Waals surface area contributed by atoms with Crippen molar-refractivity contribution in [3.05, 3.63) is 47.5 Å². The molecule has 48 heavy (non-hydrogen) atoms. The molecule has 1 saturated carbocycles. The molecule has 4 amide bonds. The average Bonchev–Trinajstić information content (AvgIpc) is 3.55. The minimum atomic E-state index is -1.01. The SMILES string of the molecule is CCC(=O)N[C@@H](C(=O)N1CCN(C(C)(C)O)CC1)[C@@H](C)c1ccc(NC(=O)[C@@H](NC(=O)c2ccnn2CC)[C@H]2CC[C@H](C)CC2)c(F)c1. The zero-order valence-electron chi connectivity index (χ0n) is 29.1. The van der Waals surface area contributed by atoms with Crippen LogP contribution in [0.3, 0.4) is 0 Å². The highest BCUT2D eigenvalue weighted by molar-refractivity contribution is 6.00. The summed E-state index contributed by atoms with van der Waals surface area (Å²) in [6.07, 6.45) is 5.11. The van der Waals surface area contributed by atoms with Crippen LogP contribution in [-0.2, 0) is 20.9 Å². The summed E-state index contributed by atoms with van der Waals surface area (Å²) >= 11 is 0. The van der Waals surface area contributed by atoms with E-state index >= 15 is 4.39 Å². The topological polar surface area (TPSA) is 149 Å². The summed E-state index contributed by atoms with van der Waals surface area (Å²) in [6.45, 7) is 13.1. The molecule has 0 spiro atoms. The normalized spacial score (nSPS) is 20.8. The predicted molar refractivity (Wildman–Crippen MR) is 180 cm³/mol. The molecule has 1 aromatic heterocycles. The van der Waals surface area contributed by atoms with Crippen LogP contribution in [0.2, 0.25) is 0 Å². The van der Waals surface area contributed by atoms with E-state index in [1.807, 2.05) is 11.8 Å². The molecular formula is C35H52FN7O5. The molecule has 4 N–H and O–H groups in total. The number of benzene rings is 1. The highest BCUT2D eigenvalue weighted by Gasteiger charge is 2.36. The Kier molecular flexibility index (Phi) is 12.4. The molecule has 2 aromatic rings. The molecule has 1 aliphatic heterocycles. The molecule has 12 nitrogen and oxygen atoms in total. The van der Waals surface area contributed by atoms with E-state index in [0.717, 1.165) is 25.7 Å². The minimum absolute atomic E-state index is 0.0406. The Morgan fingerprint density at radius 3 is 2.27 bits per heavy atom. The molecule has 2 aliphatic rings. The summed E-state index contributed by atoms with van der Waals surface area (Å²) in [6, 6.07) is 4.18. The van der Waals surface area contributed by atoms with Crippen molar-refractivity contribution in [2.24, 2.45) is 11.8 Å². The number of amides is 4. The van der Waals surface area contributed by atoms with E-state index in [-0.39, 0.29) is 29.8 Å². The lowest BCUT2D eigenvalue weighted by molar-refractivity contribution is -0.143. The van der Waals surface area contributed by atoms with Gasteiger partial charge in [0.25, 0.3) is 5.91 Å². The van der Waals surface area contributed by atoms with Crippen molar-refractivity contribution >= 4 is 29.3 Å². The summed E-state index contributed by atoms with van der Waals surface area (Å²) in [7, 11) is 0. The molecule has 0 bridgehead atoms. The third-order valence-corrected chi connectivity index (χ3v) is 9.90. The summed E-state index contributed by atoms with van der Waals surface area (Å²) in [5.41, 5.74) is -0.218. The number of aromatic nitrogens is 2. The second kappa shape index (κ2) is 16.0. The second-order valence-electron chi connectivity index (χ2n) is 13.7. The third-order valence-electron chi connectivity index (χ3n) is 9.90. The van der Waals surface area contributed by atoms with Gasteiger partial charge in [-0.3, -0.25) is 28.8 Å². The zero-order chi connectivity index (χ0) is 35.2. The molecule has 4 rings (SSSR count). The maximum Gasteiger partial charge on any atom is 0.270 e. The van der Waals surface area contributed by atoms with E-state index < -0.39 is 41.4 Å². The van der Waals surface area contributed by atoms with Crippen LogP contribution in [-0.4, -0.2) is 92.3 Å². The lowest BCUT2D eigenvalue weighted by atomic mass is 9.79. The highest BCUT2D eigenvalue weighted by Crippen LogP contribution is 2.32. The molecular weight excluding hydrogens is 617 g/mol. The number of halogens is 1. The van der Waals surface area contributed by atoms with Crippen LogP contribution >= 0.6 is 0 Å². The van der Waals surface area contributed by atoms with Gasteiger partial charge in [0.15, 0.2) is 0 Å². The van der Waals surface area contributed by atoms with Crippen molar-refractivity contribution in [1.29, 1.82) is 0 Å². The first-order valence-electron chi connectivity index (χ1n) is 17.2. The van der Waals surface area contributed by atoms with E-state index in [2.05, 4.69) is 28.0 Å². The molecule has 1 saturated heterocycles. The Hall–Kier alpha value is -3.84. The van der Waals surface area contributed by atoms with Crippen molar-refractivity contribution in [2.45, 2.75) is 104 Å². The molecule has 3 atom stereocenters. The van der Waals surface area contributed by atoms with Gasteiger partial charge in [-0.25, -0.2) is 4.39 Å². The van der Waals surface area contributed by atoms with Crippen molar-refractivity contribution < 1.29 is 28.7 Å². The summed E-state index contributed by atoms with van der Waals surface area (Å²) < 4.78 is 17.2. The molecule has 13 heteroatoms. The summed E-state index contributed by atoms with van der Waals surface area (Å²) in [5.74, 6) is -2.34. The number of hydrogen-bond acceptors (Lipinski definition) is 7. The Bertz CT molecular complexity index is 1440. The quantitative estimate of drug-likeness (QED) is 0.271. The Labute approximate surface area is 282 Å². The average molecular weight is 670 g/mol. The van der Waals surface area contributed by atoms with Gasteiger partial charge in [0, 0.05) is 51.3 Å². The van der Waals surface area contributed by atoms with Crippen LogP contribution in [0.1, 0.15) is 95.6 Å². The predicted octanol–water partition coefficient (Wildman–Crippen LogP) is 3.48. The number of piperazine rings is 1. The van der Waals surface area contributed by atoms with E-state index in [1.54, 1.807) is 49.4 Å². The molecule has 2 heterocycles. The fourth-order valence-electron chi connectivity index (χ4n) is 6.68. The number of carbonyl (C=O) groups excluding carboxylic acids is 4. The molecule has 1 aromatic carbocycles. The smallest absolute Gasteiger partial charge is 0.270 e.